The van der Waals surface area contributed by atoms with Gasteiger partial charge in [0.15, 0.2) is 0 Å². The predicted molar refractivity (Wildman–Crippen MR) is 275 cm³/mol. The normalized spacial score (nSPS) is 14.0. The molecule has 1 aliphatic carbocycles. The highest BCUT2D eigenvalue weighted by Crippen LogP contribution is 2.55. The molecule has 1 unspecified atom stereocenters. The summed E-state index contributed by atoms with van der Waals surface area (Å²) in [6.07, 6.45) is 0. The van der Waals surface area contributed by atoms with Gasteiger partial charge < -0.3 is 4.90 Å². The molecule has 11 aromatic carbocycles. The van der Waals surface area contributed by atoms with Crippen molar-refractivity contribution < 1.29 is 0 Å². The van der Waals surface area contributed by atoms with Crippen molar-refractivity contribution in [3.05, 3.63) is 271 Å². The van der Waals surface area contributed by atoms with Crippen LogP contribution < -0.4 is 4.90 Å². The summed E-state index contributed by atoms with van der Waals surface area (Å²) in [5.41, 5.74) is 19.0. The molecule has 1 atom stereocenters. The summed E-state index contributed by atoms with van der Waals surface area (Å²) in [7, 11) is 0. The van der Waals surface area contributed by atoms with Gasteiger partial charge in [-0.1, -0.05) is 231 Å². The van der Waals surface area contributed by atoms with E-state index in [0.29, 0.717) is 0 Å². The zero-order chi connectivity index (χ0) is 43.3. The van der Waals surface area contributed by atoms with Crippen molar-refractivity contribution >= 4 is 38.6 Å². The molecule has 0 aliphatic heterocycles. The van der Waals surface area contributed by atoms with Crippen LogP contribution in [0.1, 0.15) is 23.6 Å². The highest BCUT2D eigenvalue weighted by atomic mass is 15.1. The quantitative estimate of drug-likeness (QED) is 0.147. The molecule has 0 N–H and O–H groups in total. The maximum absolute atomic E-state index is 2.53. The fourth-order valence-electron chi connectivity index (χ4n) is 10.7. The Morgan fingerprint density at radius 1 is 0.292 bits per heavy atom. The van der Waals surface area contributed by atoms with Crippen LogP contribution in [0.3, 0.4) is 0 Å². The molecule has 0 heterocycles. The van der Waals surface area contributed by atoms with E-state index in [1.807, 2.05) is 0 Å². The molecule has 0 fully saturated rings. The number of hydrogen-bond donors (Lipinski definition) is 0. The van der Waals surface area contributed by atoms with Gasteiger partial charge in [-0.2, -0.15) is 0 Å². The lowest BCUT2D eigenvalue weighted by atomic mass is 9.74. The third-order valence-electron chi connectivity index (χ3n) is 13.8. The third-order valence-corrected chi connectivity index (χ3v) is 13.8. The first-order chi connectivity index (χ1) is 32.2. The van der Waals surface area contributed by atoms with Gasteiger partial charge in [-0.3, -0.25) is 0 Å². The highest BCUT2D eigenvalue weighted by molar-refractivity contribution is 6.11. The van der Waals surface area contributed by atoms with Crippen LogP contribution in [-0.2, 0) is 5.41 Å². The lowest BCUT2D eigenvalue weighted by Gasteiger charge is -2.33. The maximum Gasteiger partial charge on any atom is 0.0540 e. The Bertz CT molecular complexity index is 3380. The Balaban J connectivity index is 1.16. The number of para-hydroxylation sites is 2. The van der Waals surface area contributed by atoms with Crippen molar-refractivity contribution in [3.8, 4) is 55.6 Å². The fraction of sp³-hybridized carbons (Fsp3) is 0.0312. The first-order valence-corrected chi connectivity index (χ1v) is 22.6. The first-order valence-electron chi connectivity index (χ1n) is 22.6. The van der Waals surface area contributed by atoms with E-state index in [1.165, 1.54) is 82.7 Å². The minimum atomic E-state index is -0.367. The number of nitrogens with zero attached hydrogens (tertiary/aromatic N) is 1. The minimum Gasteiger partial charge on any atom is -0.309 e. The smallest absolute Gasteiger partial charge is 0.0540 e. The molecule has 65 heavy (non-hydrogen) atoms. The van der Waals surface area contributed by atoms with Crippen molar-refractivity contribution in [2.24, 2.45) is 0 Å². The van der Waals surface area contributed by atoms with Gasteiger partial charge in [0.25, 0.3) is 0 Å². The van der Waals surface area contributed by atoms with E-state index < -0.39 is 0 Å². The molecule has 11 aromatic rings. The molecule has 0 bridgehead atoms. The van der Waals surface area contributed by atoms with Crippen molar-refractivity contribution in [1.29, 1.82) is 0 Å². The number of fused-ring (bicyclic) bond motifs is 5. The zero-order valence-corrected chi connectivity index (χ0v) is 36.2. The SMILES string of the molecule is CC1(c2ccccc2)c2ccccc2-c2ccc(N(c3ccccc3-c3cccc4cccc(-c5ccccc5)c34)c3ccccc3-c3cccc4cccc(-c5ccccc5)c34)cc21. The average Bonchev–Trinajstić information content (AvgIpc) is 3.64. The van der Waals surface area contributed by atoms with E-state index in [0.717, 1.165) is 28.2 Å². The van der Waals surface area contributed by atoms with E-state index in [-0.39, 0.29) is 5.41 Å². The van der Waals surface area contributed by atoms with E-state index in [4.69, 9.17) is 0 Å². The van der Waals surface area contributed by atoms with E-state index >= 15 is 0 Å². The van der Waals surface area contributed by atoms with E-state index in [1.54, 1.807) is 0 Å². The Morgan fingerprint density at radius 3 is 1.22 bits per heavy atom. The largest absolute Gasteiger partial charge is 0.309 e. The minimum absolute atomic E-state index is 0.367. The number of benzene rings is 11. The van der Waals surface area contributed by atoms with Crippen LogP contribution in [0.15, 0.2) is 255 Å². The second-order valence-corrected chi connectivity index (χ2v) is 17.3. The summed E-state index contributed by atoms with van der Waals surface area (Å²) in [6.45, 7) is 2.41. The van der Waals surface area contributed by atoms with E-state index in [2.05, 4.69) is 267 Å². The second kappa shape index (κ2) is 15.8. The average molecular weight is 828 g/mol. The summed E-state index contributed by atoms with van der Waals surface area (Å²) in [5, 5.41) is 4.90. The topological polar surface area (TPSA) is 3.24 Å². The summed E-state index contributed by atoms with van der Waals surface area (Å²) >= 11 is 0. The van der Waals surface area contributed by atoms with Crippen LogP contribution in [0.25, 0.3) is 77.2 Å². The van der Waals surface area contributed by atoms with Gasteiger partial charge in [0.2, 0.25) is 0 Å². The highest BCUT2D eigenvalue weighted by Gasteiger charge is 2.41. The lowest BCUT2D eigenvalue weighted by molar-refractivity contribution is 0.714. The molecular weight excluding hydrogens is 783 g/mol. The summed E-state index contributed by atoms with van der Waals surface area (Å²) in [5.74, 6) is 0. The van der Waals surface area contributed by atoms with Gasteiger partial charge in [0.1, 0.15) is 0 Å². The summed E-state index contributed by atoms with van der Waals surface area (Å²) in [4.78, 5) is 2.53. The van der Waals surface area contributed by atoms with Gasteiger partial charge in [-0.15, -0.1) is 0 Å². The zero-order valence-electron chi connectivity index (χ0n) is 36.2. The van der Waals surface area contributed by atoms with Crippen molar-refractivity contribution in [2.45, 2.75) is 12.3 Å². The van der Waals surface area contributed by atoms with Crippen molar-refractivity contribution in [2.75, 3.05) is 4.90 Å². The number of rotatable bonds is 8. The third kappa shape index (κ3) is 6.31. The monoisotopic (exact) mass is 827 g/mol. The van der Waals surface area contributed by atoms with Crippen LogP contribution in [0.5, 0.6) is 0 Å². The molecule has 0 saturated carbocycles. The Kier molecular flexibility index (Phi) is 9.35. The molecule has 0 aromatic heterocycles. The van der Waals surface area contributed by atoms with Gasteiger partial charge in [-0.25, -0.2) is 0 Å². The Labute approximate surface area is 381 Å². The van der Waals surface area contributed by atoms with Crippen LogP contribution >= 0.6 is 0 Å². The van der Waals surface area contributed by atoms with Crippen LogP contribution in [-0.4, -0.2) is 0 Å². The van der Waals surface area contributed by atoms with Gasteiger partial charge >= 0.3 is 0 Å². The molecule has 12 rings (SSSR count). The summed E-state index contributed by atoms with van der Waals surface area (Å²) in [6, 6.07) is 93.7. The first kappa shape index (κ1) is 38.4. The Hall–Kier alpha value is -8.26. The number of hydrogen-bond acceptors (Lipinski definition) is 1. The number of anilines is 3. The fourth-order valence-corrected chi connectivity index (χ4v) is 10.7. The molecule has 306 valence electrons. The molecule has 0 radical (unpaired) electrons. The molecule has 1 nitrogen and oxygen atoms in total. The maximum atomic E-state index is 2.53. The Morgan fingerprint density at radius 2 is 0.692 bits per heavy atom. The standard InChI is InChI=1S/C64H45N/c1-64(48-29-9-4-10-30-48)58-38-14-11-31-52(58)53-42-41-49(43-59(53)64)65(60-39-15-12-32-54(60)56-36-19-27-46-25-17-34-50(62(46)56)44-21-5-2-6-22-44)61-40-16-13-33-55(61)57-37-20-28-47-26-18-35-51(63(47)57)45-23-7-3-8-24-45/h2-43H,1H3. The second-order valence-electron chi connectivity index (χ2n) is 17.3. The molecule has 0 saturated heterocycles. The van der Waals surface area contributed by atoms with Gasteiger partial charge in [0, 0.05) is 22.2 Å². The van der Waals surface area contributed by atoms with Crippen LogP contribution in [0.4, 0.5) is 17.1 Å². The van der Waals surface area contributed by atoms with Crippen LogP contribution in [0.2, 0.25) is 0 Å². The summed E-state index contributed by atoms with van der Waals surface area (Å²) < 4.78 is 0. The lowest BCUT2D eigenvalue weighted by Crippen LogP contribution is -2.23. The molecule has 1 heteroatoms. The van der Waals surface area contributed by atoms with Crippen molar-refractivity contribution in [1.82, 2.24) is 0 Å². The molecule has 0 spiro atoms. The van der Waals surface area contributed by atoms with Crippen molar-refractivity contribution in [3.63, 3.8) is 0 Å². The molecular formula is C64H45N. The van der Waals surface area contributed by atoms with Crippen LogP contribution in [0, 0.1) is 0 Å². The van der Waals surface area contributed by atoms with Gasteiger partial charge in [-0.05, 0) is 114 Å². The van der Waals surface area contributed by atoms with Gasteiger partial charge in [0.05, 0.1) is 11.4 Å². The predicted octanol–water partition coefficient (Wildman–Crippen LogP) is 17.5. The van der Waals surface area contributed by atoms with E-state index in [9.17, 15) is 0 Å². The molecule has 1 aliphatic rings. The molecule has 0 amide bonds.